The van der Waals surface area contributed by atoms with Gasteiger partial charge in [-0.05, 0) is 35.6 Å². The fourth-order valence-electron chi connectivity index (χ4n) is 2.24. The summed E-state index contributed by atoms with van der Waals surface area (Å²) in [6, 6.07) is 15.4. The minimum atomic E-state index is 1.10. The van der Waals surface area contributed by atoms with Crippen molar-refractivity contribution < 1.29 is 0 Å². The van der Waals surface area contributed by atoms with E-state index in [1.54, 1.807) is 0 Å². The van der Waals surface area contributed by atoms with Crippen molar-refractivity contribution in [1.29, 1.82) is 0 Å². The predicted molar refractivity (Wildman–Crippen MR) is 82.1 cm³/mol. The van der Waals surface area contributed by atoms with Gasteiger partial charge in [-0.1, -0.05) is 75.7 Å². The molecule has 1 aliphatic carbocycles. The zero-order valence-corrected chi connectivity index (χ0v) is 12.2. The Bertz CT molecular complexity index is 495. The van der Waals surface area contributed by atoms with Gasteiger partial charge in [-0.3, -0.25) is 0 Å². The van der Waals surface area contributed by atoms with Gasteiger partial charge in [-0.2, -0.15) is 0 Å². The SMILES string of the molecule is CC.CC.Cc1ccc2c(c1)-c1ccccc1C2. The highest BCUT2D eigenvalue weighted by atomic mass is 14.2. The van der Waals surface area contributed by atoms with E-state index in [1.165, 1.54) is 27.8 Å². The number of aryl methyl sites for hydroxylation is 1. The lowest BCUT2D eigenvalue weighted by Crippen LogP contribution is -1.80. The third kappa shape index (κ3) is 2.81. The van der Waals surface area contributed by atoms with Gasteiger partial charge in [0, 0.05) is 0 Å². The molecule has 0 saturated heterocycles. The lowest BCUT2D eigenvalue weighted by atomic mass is 10.0. The van der Waals surface area contributed by atoms with E-state index < -0.39 is 0 Å². The molecule has 0 radical (unpaired) electrons. The minimum absolute atomic E-state index is 1.10. The molecule has 0 saturated carbocycles. The summed E-state index contributed by atoms with van der Waals surface area (Å²) in [6.07, 6.45) is 1.10. The molecule has 0 heteroatoms. The Morgan fingerprint density at radius 3 is 2.06 bits per heavy atom. The number of benzene rings is 2. The highest BCUT2D eigenvalue weighted by Crippen LogP contribution is 2.36. The van der Waals surface area contributed by atoms with Crippen LogP contribution in [0.15, 0.2) is 42.5 Å². The highest BCUT2D eigenvalue weighted by Gasteiger charge is 2.16. The second-order valence-electron chi connectivity index (χ2n) is 3.99. The highest BCUT2D eigenvalue weighted by molar-refractivity contribution is 5.77. The summed E-state index contributed by atoms with van der Waals surface area (Å²) in [7, 11) is 0. The number of hydrogen-bond acceptors (Lipinski definition) is 0. The van der Waals surface area contributed by atoms with Gasteiger partial charge in [-0.15, -0.1) is 0 Å². The summed E-state index contributed by atoms with van der Waals surface area (Å²) in [5, 5.41) is 0. The number of fused-ring (bicyclic) bond motifs is 3. The fourth-order valence-corrected chi connectivity index (χ4v) is 2.24. The molecule has 0 unspecified atom stereocenters. The smallest absolute Gasteiger partial charge is 0.00135 e. The van der Waals surface area contributed by atoms with Crippen molar-refractivity contribution in [2.24, 2.45) is 0 Å². The zero-order chi connectivity index (χ0) is 13.5. The van der Waals surface area contributed by atoms with Crippen LogP contribution < -0.4 is 0 Å². The molecule has 0 nitrogen and oxygen atoms in total. The van der Waals surface area contributed by atoms with E-state index in [0.717, 1.165) is 6.42 Å². The first-order chi connectivity index (χ1) is 8.84. The molecule has 0 aromatic heterocycles. The van der Waals surface area contributed by atoms with Crippen molar-refractivity contribution in [3.05, 3.63) is 59.2 Å². The van der Waals surface area contributed by atoms with Gasteiger partial charge < -0.3 is 0 Å². The molecule has 0 spiro atoms. The van der Waals surface area contributed by atoms with Crippen LogP contribution in [-0.2, 0) is 6.42 Å². The lowest BCUT2D eigenvalue weighted by Gasteiger charge is -2.01. The number of hydrogen-bond donors (Lipinski definition) is 0. The quantitative estimate of drug-likeness (QED) is 0.478. The molecule has 0 amide bonds. The Labute approximate surface area is 112 Å². The summed E-state index contributed by atoms with van der Waals surface area (Å²) >= 11 is 0. The zero-order valence-electron chi connectivity index (χ0n) is 12.2. The average molecular weight is 240 g/mol. The van der Waals surface area contributed by atoms with Gasteiger partial charge in [0.15, 0.2) is 0 Å². The Hall–Kier alpha value is -1.56. The largest absolute Gasteiger partial charge is 0.0683 e. The van der Waals surface area contributed by atoms with Crippen LogP contribution in [0, 0.1) is 6.92 Å². The maximum absolute atomic E-state index is 2.29. The summed E-state index contributed by atoms with van der Waals surface area (Å²) in [6.45, 7) is 10.2. The molecule has 1 aliphatic rings. The fraction of sp³-hybridized carbons (Fsp3) is 0.333. The van der Waals surface area contributed by atoms with Crippen LogP contribution in [0.5, 0.6) is 0 Å². The Morgan fingerprint density at radius 2 is 1.33 bits per heavy atom. The van der Waals surface area contributed by atoms with Crippen LogP contribution in [0.25, 0.3) is 11.1 Å². The average Bonchev–Trinajstić information content (AvgIpc) is 2.81. The molecule has 2 aromatic rings. The molecule has 0 bridgehead atoms. The topological polar surface area (TPSA) is 0 Å². The van der Waals surface area contributed by atoms with Crippen LogP contribution in [0.1, 0.15) is 44.4 Å². The molecule has 0 fully saturated rings. The van der Waals surface area contributed by atoms with E-state index in [2.05, 4.69) is 49.4 Å². The molecular formula is C18H24. The van der Waals surface area contributed by atoms with E-state index >= 15 is 0 Å². The van der Waals surface area contributed by atoms with Crippen molar-refractivity contribution >= 4 is 0 Å². The Balaban J connectivity index is 0.000000371. The van der Waals surface area contributed by atoms with Gasteiger partial charge in [0.05, 0.1) is 0 Å². The van der Waals surface area contributed by atoms with E-state index in [4.69, 9.17) is 0 Å². The van der Waals surface area contributed by atoms with Gasteiger partial charge in [0.2, 0.25) is 0 Å². The van der Waals surface area contributed by atoms with Gasteiger partial charge in [-0.25, -0.2) is 0 Å². The molecule has 0 atom stereocenters. The molecule has 0 heterocycles. The second-order valence-corrected chi connectivity index (χ2v) is 3.99. The van der Waals surface area contributed by atoms with Gasteiger partial charge in [0.1, 0.15) is 0 Å². The van der Waals surface area contributed by atoms with E-state index in [0.29, 0.717) is 0 Å². The molecular weight excluding hydrogens is 216 g/mol. The second kappa shape index (κ2) is 7.00. The Morgan fingerprint density at radius 1 is 0.722 bits per heavy atom. The van der Waals surface area contributed by atoms with Crippen LogP contribution >= 0.6 is 0 Å². The van der Waals surface area contributed by atoms with Crippen molar-refractivity contribution in [3.63, 3.8) is 0 Å². The lowest BCUT2D eigenvalue weighted by molar-refractivity contribution is 1.26. The van der Waals surface area contributed by atoms with Crippen molar-refractivity contribution in [2.45, 2.75) is 41.0 Å². The Kier molecular flexibility index (Phi) is 5.64. The van der Waals surface area contributed by atoms with Gasteiger partial charge >= 0.3 is 0 Å². The first-order valence-corrected chi connectivity index (χ1v) is 7.02. The molecule has 96 valence electrons. The first-order valence-electron chi connectivity index (χ1n) is 7.02. The van der Waals surface area contributed by atoms with Crippen molar-refractivity contribution in [2.75, 3.05) is 0 Å². The molecule has 3 rings (SSSR count). The van der Waals surface area contributed by atoms with Crippen LogP contribution in [0.4, 0.5) is 0 Å². The molecule has 0 aliphatic heterocycles. The van der Waals surface area contributed by atoms with E-state index in [-0.39, 0.29) is 0 Å². The van der Waals surface area contributed by atoms with Crippen LogP contribution in [-0.4, -0.2) is 0 Å². The maximum Gasteiger partial charge on any atom is -0.00135 e. The van der Waals surface area contributed by atoms with Crippen LogP contribution in [0.3, 0.4) is 0 Å². The standard InChI is InChI=1S/C14H12.2C2H6/c1-10-6-7-12-9-11-4-2-3-5-13(11)14(12)8-10;2*1-2/h2-8H,9H2,1H3;2*1-2H3. The van der Waals surface area contributed by atoms with E-state index in [9.17, 15) is 0 Å². The third-order valence-corrected chi connectivity index (χ3v) is 2.95. The summed E-state index contributed by atoms with van der Waals surface area (Å²) < 4.78 is 0. The molecule has 0 N–H and O–H groups in total. The first kappa shape index (κ1) is 14.5. The van der Waals surface area contributed by atoms with Crippen LogP contribution in [0.2, 0.25) is 0 Å². The molecule has 2 aromatic carbocycles. The third-order valence-electron chi connectivity index (χ3n) is 2.95. The maximum atomic E-state index is 2.29. The van der Waals surface area contributed by atoms with Crippen molar-refractivity contribution in [3.8, 4) is 11.1 Å². The minimum Gasteiger partial charge on any atom is -0.0683 e. The predicted octanol–water partition coefficient (Wildman–Crippen LogP) is 5.62. The normalized spacial score (nSPS) is 10.3. The number of rotatable bonds is 0. The molecule has 18 heavy (non-hydrogen) atoms. The summed E-state index contributed by atoms with van der Waals surface area (Å²) in [4.78, 5) is 0. The van der Waals surface area contributed by atoms with Gasteiger partial charge in [0.25, 0.3) is 0 Å². The summed E-state index contributed by atoms with van der Waals surface area (Å²) in [5.41, 5.74) is 7.14. The van der Waals surface area contributed by atoms with E-state index in [1.807, 2.05) is 27.7 Å². The monoisotopic (exact) mass is 240 g/mol. The summed E-state index contributed by atoms with van der Waals surface area (Å²) in [5.74, 6) is 0. The van der Waals surface area contributed by atoms with Crippen molar-refractivity contribution in [1.82, 2.24) is 0 Å².